The summed E-state index contributed by atoms with van der Waals surface area (Å²) in [5, 5.41) is 0. The van der Waals surface area contributed by atoms with Gasteiger partial charge in [0, 0.05) is 6.54 Å². The zero-order valence-electron chi connectivity index (χ0n) is 16.2. The molecule has 146 valence electrons. The van der Waals surface area contributed by atoms with Crippen LogP contribution < -0.4 is 4.72 Å². The highest BCUT2D eigenvalue weighted by Gasteiger charge is 2.14. The van der Waals surface area contributed by atoms with Crippen molar-refractivity contribution in [1.29, 1.82) is 0 Å². The number of hydrogen-bond acceptors (Lipinski definition) is 3. The van der Waals surface area contributed by atoms with Gasteiger partial charge in [0.2, 0.25) is 10.0 Å². The molecule has 0 unspecified atom stereocenters. The van der Waals surface area contributed by atoms with Crippen LogP contribution in [-0.2, 0) is 10.0 Å². The lowest BCUT2D eigenvalue weighted by Crippen LogP contribution is -2.24. The molecule has 0 saturated heterocycles. The number of imidazole rings is 1. The molecule has 1 aromatic carbocycles. The minimum atomic E-state index is -3.45. The fraction of sp³-hybridized carbons (Fsp3) is 0.650. The van der Waals surface area contributed by atoms with E-state index in [1.807, 2.05) is 6.92 Å². The van der Waals surface area contributed by atoms with Crippen LogP contribution in [0.5, 0.6) is 0 Å². The Morgan fingerprint density at radius 1 is 0.962 bits per heavy atom. The zero-order chi connectivity index (χ0) is 18.8. The van der Waals surface area contributed by atoms with Crippen molar-refractivity contribution in [1.82, 2.24) is 14.7 Å². The molecule has 2 aromatic rings. The highest BCUT2D eigenvalue weighted by molar-refractivity contribution is 7.89. The van der Waals surface area contributed by atoms with E-state index in [-0.39, 0.29) is 0 Å². The number of aromatic nitrogens is 2. The first-order valence-electron chi connectivity index (χ1n) is 9.99. The summed E-state index contributed by atoms with van der Waals surface area (Å²) in [6.07, 6.45) is 12.4. The Morgan fingerprint density at radius 3 is 2.23 bits per heavy atom. The lowest BCUT2D eigenvalue weighted by Gasteiger charge is -2.07. The van der Waals surface area contributed by atoms with E-state index >= 15 is 0 Å². The zero-order valence-corrected chi connectivity index (χ0v) is 17.0. The Balaban J connectivity index is 1.63. The van der Waals surface area contributed by atoms with Crippen LogP contribution in [0.4, 0.5) is 0 Å². The SMILES string of the molecule is CCCCCCCCCCCCNS(=O)(=O)c1ccc2nc(C)[nH]c2c1. The maximum atomic E-state index is 12.4. The number of H-pyrrole nitrogens is 1. The monoisotopic (exact) mass is 379 g/mol. The van der Waals surface area contributed by atoms with E-state index in [2.05, 4.69) is 21.6 Å². The lowest BCUT2D eigenvalue weighted by molar-refractivity contribution is 0.549. The van der Waals surface area contributed by atoms with E-state index < -0.39 is 10.0 Å². The summed E-state index contributed by atoms with van der Waals surface area (Å²) < 4.78 is 27.5. The van der Waals surface area contributed by atoms with Gasteiger partial charge in [0.05, 0.1) is 15.9 Å². The second kappa shape index (κ2) is 10.7. The number of nitrogens with zero attached hydrogens (tertiary/aromatic N) is 1. The molecule has 2 N–H and O–H groups in total. The van der Waals surface area contributed by atoms with Crippen LogP contribution >= 0.6 is 0 Å². The number of nitrogens with one attached hydrogen (secondary N) is 2. The number of hydrogen-bond donors (Lipinski definition) is 2. The third kappa shape index (κ3) is 6.72. The van der Waals surface area contributed by atoms with Crippen LogP contribution in [0, 0.1) is 6.92 Å². The minimum Gasteiger partial charge on any atom is -0.342 e. The summed E-state index contributed by atoms with van der Waals surface area (Å²) in [4.78, 5) is 7.67. The summed E-state index contributed by atoms with van der Waals surface area (Å²) in [7, 11) is -3.45. The highest BCUT2D eigenvalue weighted by atomic mass is 32.2. The van der Waals surface area contributed by atoms with Crippen molar-refractivity contribution in [3.05, 3.63) is 24.0 Å². The van der Waals surface area contributed by atoms with Crippen molar-refractivity contribution < 1.29 is 8.42 Å². The Morgan fingerprint density at radius 2 is 1.58 bits per heavy atom. The molecular formula is C20H33N3O2S. The molecule has 0 fully saturated rings. The van der Waals surface area contributed by atoms with Gasteiger partial charge in [-0.15, -0.1) is 0 Å². The number of fused-ring (bicyclic) bond motifs is 1. The Kier molecular flexibility index (Phi) is 8.59. The average molecular weight is 380 g/mol. The molecule has 0 saturated carbocycles. The summed E-state index contributed by atoms with van der Waals surface area (Å²) >= 11 is 0. The molecule has 0 amide bonds. The summed E-state index contributed by atoms with van der Waals surface area (Å²) in [5.41, 5.74) is 1.54. The van der Waals surface area contributed by atoms with E-state index in [9.17, 15) is 8.42 Å². The molecular weight excluding hydrogens is 346 g/mol. The Labute approximate surface area is 158 Å². The highest BCUT2D eigenvalue weighted by Crippen LogP contribution is 2.17. The van der Waals surface area contributed by atoms with E-state index in [1.54, 1.807) is 18.2 Å². The van der Waals surface area contributed by atoms with Crippen molar-refractivity contribution in [2.75, 3.05) is 6.54 Å². The van der Waals surface area contributed by atoms with Gasteiger partial charge in [-0.2, -0.15) is 0 Å². The van der Waals surface area contributed by atoms with Crippen molar-refractivity contribution >= 4 is 21.1 Å². The topological polar surface area (TPSA) is 74.8 Å². The van der Waals surface area contributed by atoms with Gasteiger partial charge in [-0.05, 0) is 31.5 Å². The van der Waals surface area contributed by atoms with E-state index in [0.29, 0.717) is 11.4 Å². The maximum Gasteiger partial charge on any atom is 0.240 e. The summed E-state index contributed by atoms with van der Waals surface area (Å²) in [6.45, 7) is 4.60. The second-order valence-electron chi connectivity index (χ2n) is 7.08. The van der Waals surface area contributed by atoms with Crippen LogP contribution in [0.3, 0.4) is 0 Å². The van der Waals surface area contributed by atoms with Crippen molar-refractivity contribution in [2.24, 2.45) is 0 Å². The number of aryl methyl sites for hydroxylation is 1. The molecule has 0 aliphatic carbocycles. The van der Waals surface area contributed by atoms with Crippen molar-refractivity contribution in [3.63, 3.8) is 0 Å². The largest absolute Gasteiger partial charge is 0.342 e. The standard InChI is InChI=1S/C20H33N3O2S/c1-3-4-5-6-7-8-9-10-11-12-15-21-26(24,25)18-13-14-19-20(16-18)23-17(2)22-19/h13-14,16,21H,3-12,15H2,1-2H3,(H,22,23). The molecule has 6 heteroatoms. The molecule has 0 radical (unpaired) electrons. The average Bonchev–Trinajstić information content (AvgIpc) is 2.98. The molecule has 1 heterocycles. The number of unbranched alkanes of at least 4 members (excludes halogenated alkanes) is 9. The first-order chi connectivity index (χ1) is 12.5. The van der Waals surface area contributed by atoms with Gasteiger partial charge in [0.25, 0.3) is 0 Å². The fourth-order valence-corrected chi connectivity index (χ4v) is 4.29. The maximum absolute atomic E-state index is 12.4. The summed E-state index contributed by atoms with van der Waals surface area (Å²) in [6, 6.07) is 5.01. The first-order valence-corrected chi connectivity index (χ1v) is 11.5. The molecule has 0 atom stereocenters. The molecule has 5 nitrogen and oxygen atoms in total. The van der Waals surface area contributed by atoms with Crippen molar-refractivity contribution in [3.8, 4) is 0 Å². The number of sulfonamides is 1. The minimum absolute atomic E-state index is 0.292. The second-order valence-corrected chi connectivity index (χ2v) is 8.85. The van der Waals surface area contributed by atoms with Gasteiger partial charge in [0.15, 0.2) is 0 Å². The summed E-state index contributed by atoms with van der Waals surface area (Å²) in [5.74, 6) is 0.785. The Hall–Kier alpha value is -1.40. The van der Waals surface area contributed by atoms with E-state index in [1.165, 1.54) is 51.4 Å². The molecule has 0 spiro atoms. The van der Waals surface area contributed by atoms with Crippen LogP contribution in [0.25, 0.3) is 11.0 Å². The van der Waals surface area contributed by atoms with Gasteiger partial charge in [-0.1, -0.05) is 64.7 Å². The van der Waals surface area contributed by atoms with Crippen molar-refractivity contribution in [2.45, 2.75) is 83.0 Å². The number of aromatic amines is 1. The van der Waals surface area contributed by atoms with Crippen LogP contribution in [-0.4, -0.2) is 24.9 Å². The first kappa shape index (κ1) is 20.9. The van der Waals surface area contributed by atoms with Crippen LogP contribution in [0.2, 0.25) is 0 Å². The van der Waals surface area contributed by atoms with Crippen LogP contribution in [0.15, 0.2) is 23.1 Å². The van der Waals surface area contributed by atoms with Gasteiger partial charge >= 0.3 is 0 Å². The lowest BCUT2D eigenvalue weighted by atomic mass is 10.1. The molecule has 26 heavy (non-hydrogen) atoms. The smallest absolute Gasteiger partial charge is 0.240 e. The molecule has 0 aliphatic heterocycles. The van der Waals surface area contributed by atoms with Gasteiger partial charge in [-0.3, -0.25) is 0 Å². The predicted octanol–water partition coefficient (Wildman–Crippen LogP) is 5.07. The van der Waals surface area contributed by atoms with Gasteiger partial charge < -0.3 is 4.98 Å². The third-order valence-electron chi connectivity index (χ3n) is 4.70. The molecule has 0 bridgehead atoms. The van der Waals surface area contributed by atoms with E-state index in [0.717, 1.165) is 29.7 Å². The quantitative estimate of drug-likeness (QED) is 0.477. The van der Waals surface area contributed by atoms with Gasteiger partial charge in [-0.25, -0.2) is 18.1 Å². The third-order valence-corrected chi connectivity index (χ3v) is 6.16. The van der Waals surface area contributed by atoms with Gasteiger partial charge in [0.1, 0.15) is 5.82 Å². The van der Waals surface area contributed by atoms with Crippen LogP contribution in [0.1, 0.15) is 77.0 Å². The fourth-order valence-electron chi connectivity index (χ4n) is 3.19. The Bertz CT molecular complexity index is 768. The van der Waals surface area contributed by atoms with E-state index in [4.69, 9.17) is 0 Å². The number of rotatable bonds is 13. The predicted molar refractivity (Wildman–Crippen MR) is 108 cm³/mol. The molecule has 2 rings (SSSR count). The molecule has 0 aliphatic rings. The molecule has 1 aromatic heterocycles. The normalized spacial score (nSPS) is 12.1. The number of benzene rings is 1.